The van der Waals surface area contributed by atoms with Crippen molar-refractivity contribution >= 4 is 17.5 Å². The number of hydrogen-bond donors (Lipinski definition) is 0. The molecule has 25 heavy (non-hydrogen) atoms. The molecule has 128 valence electrons. The van der Waals surface area contributed by atoms with Gasteiger partial charge in [-0.1, -0.05) is 30.3 Å². The van der Waals surface area contributed by atoms with Crippen LogP contribution in [0.1, 0.15) is 5.56 Å². The van der Waals surface area contributed by atoms with Crippen LogP contribution in [0.5, 0.6) is 0 Å². The molecule has 0 unspecified atom stereocenters. The van der Waals surface area contributed by atoms with E-state index in [1.54, 1.807) is 0 Å². The van der Waals surface area contributed by atoms with Crippen LogP contribution >= 0.6 is 0 Å². The molecule has 0 spiro atoms. The topological polar surface area (TPSA) is 57.0 Å². The van der Waals surface area contributed by atoms with Crippen molar-refractivity contribution in [2.75, 3.05) is 44.2 Å². The molecule has 0 radical (unpaired) electrons. The summed E-state index contributed by atoms with van der Waals surface area (Å²) in [7, 11) is 0. The minimum atomic E-state index is -0.407. The molecule has 6 nitrogen and oxygen atoms in total. The van der Waals surface area contributed by atoms with Crippen molar-refractivity contribution < 1.29 is 4.39 Å². The minimum Gasteiger partial charge on any atom is -0.338 e. The van der Waals surface area contributed by atoms with E-state index in [2.05, 4.69) is 29.8 Å². The first-order valence-corrected chi connectivity index (χ1v) is 8.39. The van der Waals surface area contributed by atoms with Crippen LogP contribution < -0.4 is 4.90 Å². The van der Waals surface area contributed by atoms with Gasteiger partial charge in [0.2, 0.25) is 5.95 Å². The maximum absolute atomic E-state index is 12.9. The first kappa shape index (κ1) is 15.8. The fraction of sp³-hybridized carbons (Fsp3) is 0.333. The van der Waals surface area contributed by atoms with Crippen molar-refractivity contribution in [2.45, 2.75) is 0 Å². The Morgan fingerprint density at radius 2 is 1.68 bits per heavy atom. The normalized spacial score (nSPS) is 18.2. The fourth-order valence-corrected chi connectivity index (χ4v) is 3.05. The summed E-state index contributed by atoms with van der Waals surface area (Å²) in [6, 6.07) is 10.1. The first-order valence-electron chi connectivity index (χ1n) is 8.39. The second-order valence-electron chi connectivity index (χ2n) is 6.15. The van der Waals surface area contributed by atoms with Gasteiger partial charge in [-0.25, -0.2) is 19.4 Å². The van der Waals surface area contributed by atoms with Gasteiger partial charge in [0.25, 0.3) is 0 Å². The van der Waals surface area contributed by atoms with E-state index in [0.717, 1.165) is 49.8 Å². The Bertz CT molecular complexity index is 779. The molecule has 4 rings (SSSR count). The third-order valence-electron chi connectivity index (χ3n) is 4.38. The average molecular weight is 338 g/mol. The van der Waals surface area contributed by atoms with Gasteiger partial charge in [-0.15, -0.1) is 0 Å². The number of aromatic nitrogens is 2. The predicted molar refractivity (Wildman–Crippen MR) is 95.9 cm³/mol. The van der Waals surface area contributed by atoms with Crippen LogP contribution in [0.3, 0.4) is 0 Å². The van der Waals surface area contributed by atoms with E-state index in [1.165, 1.54) is 12.4 Å². The van der Waals surface area contributed by atoms with Gasteiger partial charge in [-0.2, -0.15) is 0 Å². The number of nitrogens with zero attached hydrogens (tertiary/aromatic N) is 6. The molecule has 1 aromatic heterocycles. The van der Waals surface area contributed by atoms with Crippen LogP contribution in [0.4, 0.5) is 10.3 Å². The minimum absolute atomic E-state index is 0.407. The van der Waals surface area contributed by atoms with Gasteiger partial charge in [-0.05, 0) is 0 Å². The fourth-order valence-electron chi connectivity index (χ4n) is 3.05. The Balaban J connectivity index is 1.31. The summed E-state index contributed by atoms with van der Waals surface area (Å²) in [5, 5.41) is 0. The quantitative estimate of drug-likeness (QED) is 0.850. The maximum atomic E-state index is 12.9. The van der Waals surface area contributed by atoms with Gasteiger partial charge >= 0.3 is 0 Å². The highest BCUT2D eigenvalue weighted by Crippen LogP contribution is 2.12. The predicted octanol–water partition coefficient (Wildman–Crippen LogP) is 1.64. The highest BCUT2D eigenvalue weighted by Gasteiger charge is 2.21. The number of anilines is 1. The van der Waals surface area contributed by atoms with Crippen molar-refractivity contribution in [3.05, 3.63) is 54.1 Å². The van der Waals surface area contributed by atoms with E-state index in [0.29, 0.717) is 12.5 Å². The molecule has 0 atom stereocenters. The molecule has 2 aliphatic rings. The monoisotopic (exact) mass is 338 g/mol. The zero-order valence-corrected chi connectivity index (χ0v) is 13.8. The standard InChI is InChI=1S/C18H19FN6/c19-15-10-21-18(22-11-15)25-8-6-24(7-9-25)13-16-12-20-17(23-16)14-4-2-1-3-5-14/h1-5,10-11H,6-9,12-13H2. The smallest absolute Gasteiger partial charge is 0.225 e. The van der Waals surface area contributed by atoms with Crippen LogP contribution in [0.25, 0.3) is 0 Å². The van der Waals surface area contributed by atoms with E-state index >= 15 is 0 Å². The Hall–Kier alpha value is -2.67. The molecule has 2 aromatic rings. The Labute approximate surface area is 145 Å². The molecule has 0 amide bonds. The molecular weight excluding hydrogens is 319 g/mol. The average Bonchev–Trinajstić information content (AvgIpc) is 3.12. The maximum Gasteiger partial charge on any atom is 0.225 e. The molecular formula is C18H19FN6. The van der Waals surface area contributed by atoms with Crippen LogP contribution in [0, 0.1) is 5.82 Å². The first-order chi connectivity index (χ1) is 12.3. The molecule has 0 saturated carbocycles. The lowest BCUT2D eigenvalue weighted by Gasteiger charge is -2.34. The van der Waals surface area contributed by atoms with Crippen LogP contribution in [0.15, 0.2) is 52.7 Å². The number of halogens is 1. The van der Waals surface area contributed by atoms with Crippen LogP contribution in [-0.2, 0) is 0 Å². The Kier molecular flexibility index (Phi) is 4.47. The second-order valence-corrected chi connectivity index (χ2v) is 6.15. The van der Waals surface area contributed by atoms with Gasteiger partial charge < -0.3 is 4.90 Å². The molecule has 3 heterocycles. The van der Waals surface area contributed by atoms with Gasteiger partial charge in [0, 0.05) is 38.3 Å². The van der Waals surface area contributed by atoms with Crippen molar-refractivity contribution in [1.29, 1.82) is 0 Å². The van der Waals surface area contributed by atoms with Crippen molar-refractivity contribution in [3.63, 3.8) is 0 Å². The molecule has 0 aliphatic carbocycles. The van der Waals surface area contributed by atoms with Gasteiger partial charge in [0.1, 0.15) is 0 Å². The summed E-state index contributed by atoms with van der Waals surface area (Å²) < 4.78 is 12.9. The van der Waals surface area contributed by atoms with Crippen molar-refractivity contribution in [3.8, 4) is 0 Å². The number of benzene rings is 1. The van der Waals surface area contributed by atoms with E-state index in [-0.39, 0.29) is 0 Å². The summed E-state index contributed by atoms with van der Waals surface area (Å²) in [4.78, 5) is 21.8. The third kappa shape index (κ3) is 3.71. The summed E-state index contributed by atoms with van der Waals surface area (Å²) in [5.74, 6) is 1.01. The number of hydrogen-bond acceptors (Lipinski definition) is 6. The van der Waals surface area contributed by atoms with Gasteiger partial charge in [-0.3, -0.25) is 9.89 Å². The lowest BCUT2D eigenvalue weighted by atomic mass is 10.2. The molecule has 2 aliphatic heterocycles. The van der Waals surface area contributed by atoms with Gasteiger partial charge in [0.15, 0.2) is 11.7 Å². The number of piperazine rings is 1. The number of amidine groups is 1. The van der Waals surface area contributed by atoms with Gasteiger partial charge in [0.05, 0.1) is 24.7 Å². The summed E-state index contributed by atoms with van der Waals surface area (Å²) in [5.41, 5.74) is 2.17. The lowest BCUT2D eigenvalue weighted by Crippen LogP contribution is -2.48. The van der Waals surface area contributed by atoms with Crippen LogP contribution in [0.2, 0.25) is 0 Å². The molecule has 0 bridgehead atoms. The summed E-state index contributed by atoms with van der Waals surface area (Å²) >= 11 is 0. The van der Waals surface area contributed by atoms with E-state index in [1.807, 2.05) is 30.3 Å². The number of rotatable bonds is 4. The molecule has 1 fully saturated rings. The summed E-state index contributed by atoms with van der Waals surface area (Å²) in [6.45, 7) is 4.96. The zero-order valence-electron chi connectivity index (χ0n) is 13.8. The SMILES string of the molecule is Fc1cnc(N2CCN(CC3=NC(c4ccccc4)=NC3)CC2)nc1. The van der Waals surface area contributed by atoms with Crippen molar-refractivity contribution in [1.82, 2.24) is 14.9 Å². The highest BCUT2D eigenvalue weighted by atomic mass is 19.1. The van der Waals surface area contributed by atoms with Crippen molar-refractivity contribution in [2.24, 2.45) is 9.98 Å². The van der Waals surface area contributed by atoms with E-state index in [9.17, 15) is 4.39 Å². The third-order valence-corrected chi connectivity index (χ3v) is 4.38. The molecule has 1 saturated heterocycles. The Morgan fingerprint density at radius 1 is 0.960 bits per heavy atom. The zero-order chi connectivity index (χ0) is 17.1. The Morgan fingerprint density at radius 3 is 2.40 bits per heavy atom. The lowest BCUT2D eigenvalue weighted by molar-refractivity contribution is 0.290. The highest BCUT2D eigenvalue weighted by molar-refractivity contribution is 6.12. The molecule has 0 N–H and O–H groups in total. The largest absolute Gasteiger partial charge is 0.338 e. The van der Waals surface area contributed by atoms with E-state index in [4.69, 9.17) is 0 Å². The second kappa shape index (κ2) is 7.06. The van der Waals surface area contributed by atoms with Crippen LogP contribution in [-0.4, -0.2) is 65.7 Å². The molecule has 7 heteroatoms. The number of aliphatic imine (C=N–C) groups is 2. The summed E-state index contributed by atoms with van der Waals surface area (Å²) in [6.07, 6.45) is 2.43. The molecule has 1 aromatic carbocycles. The van der Waals surface area contributed by atoms with E-state index < -0.39 is 5.82 Å².